The van der Waals surface area contributed by atoms with Gasteiger partial charge >= 0.3 is 6.03 Å². The first kappa shape index (κ1) is 14.4. The number of urea groups is 1. The van der Waals surface area contributed by atoms with E-state index >= 15 is 0 Å². The van der Waals surface area contributed by atoms with Crippen molar-refractivity contribution < 1.29 is 9.90 Å². The minimum atomic E-state index is -0.759. The molecule has 0 bridgehead atoms. The highest BCUT2D eigenvalue weighted by Gasteiger charge is 2.30. The number of β-amino-alcohol motifs (C(OH)–C–C–N with tert-alkyl or cyclic N) is 1. The number of hydrogen-bond acceptors (Lipinski definition) is 3. The number of thiophene rings is 1. The van der Waals surface area contributed by atoms with Crippen LogP contribution in [0.3, 0.4) is 0 Å². The summed E-state index contributed by atoms with van der Waals surface area (Å²) in [6.45, 7) is 3.44. The van der Waals surface area contributed by atoms with Crippen LogP contribution in [0.5, 0.6) is 0 Å². The van der Waals surface area contributed by atoms with E-state index in [4.69, 9.17) is 0 Å². The molecule has 2 amide bonds. The summed E-state index contributed by atoms with van der Waals surface area (Å²) in [5.74, 6) is 0. The smallest absolute Gasteiger partial charge is 0.317 e. The predicted octanol–water partition coefficient (Wildman–Crippen LogP) is 2.96. The van der Waals surface area contributed by atoms with Gasteiger partial charge in [-0.1, -0.05) is 18.2 Å². The third kappa shape index (κ3) is 3.19. The summed E-state index contributed by atoms with van der Waals surface area (Å²) in [5, 5.41) is 16.3. The summed E-state index contributed by atoms with van der Waals surface area (Å²) in [5.41, 5.74) is 0.387. The van der Waals surface area contributed by atoms with Crippen LogP contribution < -0.4 is 5.32 Å². The molecule has 3 rings (SSSR count). The molecule has 4 nitrogen and oxygen atoms in total. The van der Waals surface area contributed by atoms with Gasteiger partial charge < -0.3 is 15.3 Å². The Morgan fingerprint density at radius 2 is 2.29 bits per heavy atom. The van der Waals surface area contributed by atoms with E-state index in [0.29, 0.717) is 19.6 Å². The average molecular weight is 304 g/mol. The van der Waals surface area contributed by atoms with Gasteiger partial charge in [-0.15, -0.1) is 11.3 Å². The number of benzene rings is 1. The Balaban J connectivity index is 1.63. The molecule has 21 heavy (non-hydrogen) atoms. The van der Waals surface area contributed by atoms with Crippen molar-refractivity contribution in [1.29, 1.82) is 0 Å². The third-order valence-corrected chi connectivity index (χ3v) is 4.97. The van der Waals surface area contributed by atoms with E-state index in [0.717, 1.165) is 18.4 Å². The zero-order chi connectivity index (χ0) is 14.9. The first-order chi connectivity index (χ1) is 10.1. The van der Waals surface area contributed by atoms with Gasteiger partial charge in [-0.25, -0.2) is 4.79 Å². The number of likely N-dealkylation sites (tertiary alicyclic amines) is 1. The van der Waals surface area contributed by atoms with Crippen LogP contribution in [0.25, 0.3) is 10.1 Å². The monoisotopic (exact) mass is 304 g/mol. The maximum absolute atomic E-state index is 12.2. The van der Waals surface area contributed by atoms with Gasteiger partial charge in [0.1, 0.15) is 0 Å². The zero-order valence-electron chi connectivity index (χ0n) is 12.1. The molecule has 112 valence electrons. The van der Waals surface area contributed by atoms with Crippen LogP contribution in [0.1, 0.15) is 25.3 Å². The second-order valence-electron chi connectivity index (χ2n) is 5.94. The third-order valence-electron chi connectivity index (χ3n) is 3.95. The number of carbonyl (C=O) groups is 1. The average Bonchev–Trinajstić information content (AvgIpc) is 2.87. The lowest BCUT2D eigenvalue weighted by molar-refractivity contribution is -0.00252. The lowest BCUT2D eigenvalue weighted by atomic mass is 9.95. The van der Waals surface area contributed by atoms with Crippen LogP contribution >= 0.6 is 11.3 Å². The summed E-state index contributed by atoms with van der Waals surface area (Å²) < 4.78 is 1.24. The maximum Gasteiger partial charge on any atom is 0.317 e. The molecule has 1 aromatic heterocycles. The van der Waals surface area contributed by atoms with Crippen LogP contribution in [0.4, 0.5) is 4.79 Å². The van der Waals surface area contributed by atoms with Crippen molar-refractivity contribution in [3.8, 4) is 0 Å². The molecular weight excluding hydrogens is 284 g/mol. The van der Waals surface area contributed by atoms with Crippen LogP contribution in [-0.4, -0.2) is 34.7 Å². The number of piperidine rings is 1. The molecule has 0 spiro atoms. The Morgan fingerprint density at radius 3 is 3.10 bits per heavy atom. The highest BCUT2D eigenvalue weighted by atomic mass is 32.1. The van der Waals surface area contributed by atoms with Crippen molar-refractivity contribution in [3.05, 3.63) is 35.2 Å². The molecule has 1 fully saturated rings. The molecule has 2 N–H and O–H groups in total. The fraction of sp³-hybridized carbons (Fsp3) is 0.438. The van der Waals surface area contributed by atoms with Crippen LogP contribution in [-0.2, 0) is 6.54 Å². The molecule has 1 atom stereocenters. The molecule has 0 radical (unpaired) electrons. The van der Waals surface area contributed by atoms with Crippen molar-refractivity contribution in [2.24, 2.45) is 0 Å². The van der Waals surface area contributed by atoms with Gasteiger partial charge in [0.15, 0.2) is 0 Å². The first-order valence-electron chi connectivity index (χ1n) is 7.25. The highest BCUT2D eigenvalue weighted by Crippen LogP contribution is 2.25. The molecule has 1 saturated heterocycles. The SMILES string of the molecule is CC1(O)CCCN(C(=O)NCc2csc3ccccc23)C1. The van der Waals surface area contributed by atoms with E-state index < -0.39 is 5.60 Å². The van der Waals surface area contributed by atoms with Crippen molar-refractivity contribution in [2.45, 2.75) is 31.9 Å². The molecule has 2 aromatic rings. The number of nitrogens with one attached hydrogen (secondary N) is 1. The van der Waals surface area contributed by atoms with E-state index in [1.165, 1.54) is 10.1 Å². The molecular formula is C16H20N2O2S. The molecule has 1 aliphatic heterocycles. The Labute approximate surface area is 128 Å². The summed E-state index contributed by atoms with van der Waals surface area (Å²) in [4.78, 5) is 13.9. The second kappa shape index (κ2) is 5.66. The highest BCUT2D eigenvalue weighted by molar-refractivity contribution is 7.17. The molecule has 5 heteroatoms. The Morgan fingerprint density at radius 1 is 1.48 bits per heavy atom. The van der Waals surface area contributed by atoms with Gasteiger partial charge in [0, 0.05) is 17.8 Å². The molecule has 1 aliphatic rings. The summed E-state index contributed by atoms with van der Waals surface area (Å²) >= 11 is 1.70. The summed E-state index contributed by atoms with van der Waals surface area (Å²) in [6, 6.07) is 8.12. The standard InChI is InChI=1S/C16H20N2O2S/c1-16(20)7-4-8-18(11-16)15(19)17-9-12-10-21-14-6-3-2-5-13(12)14/h2-3,5-6,10,20H,4,7-9,11H2,1H3,(H,17,19). The number of fused-ring (bicyclic) bond motifs is 1. The number of carbonyl (C=O) groups excluding carboxylic acids is 1. The van der Waals surface area contributed by atoms with Gasteiger partial charge in [-0.05, 0) is 42.2 Å². The van der Waals surface area contributed by atoms with Gasteiger partial charge in [-0.2, -0.15) is 0 Å². The van der Waals surface area contributed by atoms with E-state index in [1.807, 2.05) is 12.1 Å². The first-order valence-corrected chi connectivity index (χ1v) is 8.13. The van der Waals surface area contributed by atoms with E-state index in [9.17, 15) is 9.90 Å². The summed E-state index contributed by atoms with van der Waals surface area (Å²) in [7, 11) is 0. The predicted molar refractivity (Wildman–Crippen MR) is 85.5 cm³/mol. The number of nitrogens with zero attached hydrogens (tertiary/aromatic N) is 1. The van der Waals surface area contributed by atoms with Gasteiger partial charge in [-0.3, -0.25) is 0 Å². The van der Waals surface area contributed by atoms with Gasteiger partial charge in [0.2, 0.25) is 0 Å². The van der Waals surface area contributed by atoms with Gasteiger partial charge in [0.05, 0.1) is 12.1 Å². The van der Waals surface area contributed by atoms with Crippen molar-refractivity contribution in [2.75, 3.05) is 13.1 Å². The number of rotatable bonds is 2. The molecule has 0 saturated carbocycles. The fourth-order valence-electron chi connectivity index (χ4n) is 2.85. The number of hydrogen-bond donors (Lipinski definition) is 2. The summed E-state index contributed by atoms with van der Waals surface area (Å²) in [6.07, 6.45) is 1.60. The lowest BCUT2D eigenvalue weighted by Crippen LogP contribution is -2.51. The molecule has 1 aromatic carbocycles. The van der Waals surface area contributed by atoms with E-state index in [-0.39, 0.29) is 6.03 Å². The Hall–Kier alpha value is -1.59. The number of aliphatic hydroxyl groups is 1. The molecule has 0 aliphatic carbocycles. The minimum absolute atomic E-state index is 0.0924. The van der Waals surface area contributed by atoms with E-state index in [2.05, 4.69) is 22.8 Å². The normalized spacial score (nSPS) is 22.5. The van der Waals surface area contributed by atoms with Crippen LogP contribution in [0.15, 0.2) is 29.6 Å². The minimum Gasteiger partial charge on any atom is -0.388 e. The second-order valence-corrected chi connectivity index (χ2v) is 6.85. The quantitative estimate of drug-likeness (QED) is 0.896. The maximum atomic E-state index is 12.2. The topological polar surface area (TPSA) is 52.6 Å². The number of amides is 2. The Kier molecular flexibility index (Phi) is 3.87. The lowest BCUT2D eigenvalue weighted by Gasteiger charge is -2.36. The largest absolute Gasteiger partial charge is 0.388 e. The van der Waals surface area contributed by atoms with Crippen molar-refractivity contribution in [3.63, 3.8) is 0 Å². The van der Waals surface area contributed by atoms with Gasteiger partial charge in [0.25, 0.3) is 0 Å². The fourth-order valence-corrected chi connectivity index (χ4v) is 3.81. The van der Waals surface area contributed by atoms with Crippen molar-refractivity contribution in [1.82, 2.24) is 10.2 Å². The van der Waals surface area contributed by atoms with Crippen LogP contribution in [0, 0.1) is 0 Å². The van der Waals surface area contributed by atoms with Crippen LogP contribution in [0.2, 0.25) is 0 Å². The van der Waals surface area contributed by atoms with Crippen molar-refractivity contribution >= 4 is 27.5 Å². The van der Waals surface area contributed by atoms with E-state index in [1.54, 1.807) is 23.2 Å². The Bertz CT molecular complexity index is 651. The zero-order valence-corrected chi connectivity index (χ0v) is 12.9. The molecule has 1 unspecified atom stereocenters. The molecule has 2 heterocycles.